The molecular formula is C24H32O3. The average molecular weight is 369 g/mol. The molecule has 2 aliphatic rings. The lowest BCUT2D eigenvalue weighted by atomic mass is 9.53. The molecule has 0 bridgehead atoms. The average Bonchev–Trinajstić information content (AvgIpc) is 2.93. The molecule has 146 valence electrons. The van der Waals surface area contributed by atoms with Gasteiger partial charge in [0.25, 0.3) is 0 Å². The van der Waals surface area contributed by atoms with Crippen LogP contribution in [0.25, 0.3) is 11.0 Å². The Hall–Kier alpha value is -1.77. The Morgan fingerprint density at radius 1 is 1.22 bits per heavy atom. The minimum atomic E-state index is 0.0915. The lowest BCUT2D eigenvalue weighted by Crippen LogP contribution is -2.44. The van der Waals surface area contributed by atoms with Gasteiger partial charge in [-0.2, -0.15) is 0 Å². The van der Waals surface area contributed by atoms with Crippen LogP contribution in [0, 0.1) is 18.3 Å². The molecule has 27 heavy (non-hydrogen) atoms. The first-order chi connectivity index (χ1) is 12.7. The predicted molar refractivity (Wildman–Crippen MR) is 109 cm³/mol. The van der Waals surface area contributed by atoms with Crippen LogP contribution in [0.4, 0.5) is 0 Å². The van der Waals surface area contributed by atoms with Crippen molar-refractivity contribution in [2.75, 3.05) is 7.11 Å². The molecule has 3 atom stereocenters. The van der Waals surface area contributed by atoms with Gasteiger partial charge in [-0.25, -0.2) is 0 Å². The number of ether oxygens (including phenoxy) is 1. The molecule has 0 spiro atoms. The summed E-state index contributed by atoms with van der Waals surface area (Å²) in [5.41, 5.74) is 4.07. The smallest absolute Gasteiger partial charge is 0.157 e. The summed E-state index contributed by atoms with van der Waals surface area (Å²) in [4.78, 5) is 11.9. The van der Waals surface area contributed by atoms with Crippen molar-refractivity contribution in [1.82, 2.24) is 0 Å². The Bertz CT molecular complexity index is 904. The van der Waals surface area contributed by atoms with Crippen molar-refractivity contribution in [3.63, 3.8) is 0 Å². The van der Waals surface area contributed by atoms with E-state index >= 15 is 0 Å². The van der Waals surface area contributed by atoms with Gasteiger partial charge in [0.1, 0.15) is 17.1 Å². The van der Waals surface area contributed by atoms with Crippen LogP contribution in [-0.2, 0) is 5.41 Å². The molecule has 0 saturated heterocycles. The summed E-state index contributed by atoms with van der Waals surface area (Å²) in [6.45, 7) is 11.6. The molecule has 2 aromatic rings. The van der Waals surface area contributed by atoms with Gasteiger partial charge in [0, 0.05) is 16.9 Å². The monoisotopic (exact) mass is 368 g/mol. The SMILES string of the molecule is COc1c(C)cc2c3c(oc2c1C=O)[C@H](C)CC[C@H]1C(C)(C)CCC[C@]31C. The molecule has 4 rings (SSSR count). The molecule has 3 heteroatoms. The third kappa shape index (κ3) is 2.50. The van der Waals surface area contributed by atoms with E-state index in [2.05, 4.69) is 33.8 Å². The van der Waals surface area contributed by atoms with E-state index in [1.165, 1.54) is 31.2 Å². The van der Waals surface area contributed by atoms with Gasteiger partial charge in [0.2, 0.25) is 0 Å². The van der Waals surface area contributed by atoms with Crippen LogP contribution in [0.2, 0.25) is 0 Å². The van der Waals surface area contributed by atoms with Gasteiger partial charge in [-0.1, -0.05) is 34.1 Å². The molecule has 0 unspecified atom stereocenters. The van der Waals surface area contributed by atoms with Gasteiger partial charge in [-0.15, -0.1) is 0 Å². The zero-order chi connectivity index (χ0) is 19.6. The number of furan rings is 1. The first-order valence-corrected chi connectivity index (χ1v) is 10.3. The number of fused-ring (bicyclic) bond motifs is 5. The number of carbonyl (C=O) groups is 1. The number of benzene rings is 1. The summed E-state index contributed by atoms with van der Waals surface area (Å²) >= 11 is 0. The first kappa shape index (κ1) is 18.6. The number of hydrogen-bond acceptors (Lipinski definition) is 3. The fourth-order valence-corrected chi connectivity index (χ4v) is 6.39. The van der Waals surface area contributed by atoms with Crippen LogP contribution in [-0.4, -0.2) is 13.4 Å². The maximum Gasteiger partial charge on any atom is 0.157 e. The van der Waals surface area contributed by atoms with Crippen LogP contribution < -0.4 is 4.74 Å². The van der Waals surface area contributed by atoms with Crippen LogP contribution in [0.1, 0.15) is 93.0 Å². The zero-order valence-corrected chi connectivity index (χ0v) is 17.6. The molecule has 1 aromatic heterocycles. The van der Waals surface area contributed by atoms with E-state index in [0.717, 1.165) is 35.0 Å². The van der Waals surface area contributed by atoms with E-state index in [-0.39, 0.29) is 5.41 Å². The summed E-state index contributed by atoms with van der Waals surface area (Å²) in [6.07, 6.45) is 7.01. The summed E-state index contributed by atoms with van der Waals surface area (Å²) in [6, 6.07) is 2.19. The molecule has 0 N–H and O–H groups in total. The van der Waals surface area contributed by atoms with Crippen LogP contribution >= 0.6 is 0 Å². The van der Waals surface area contributed by atoms with Gasteiger partial charge in [-0.05, 0) is 61.0 Å². The largest absolute Gasteiger partial charge is 0.496 e. The number of rotatable bonds is 2. The van der Waals surface area contributed by atoms with Crippen molar-refractivity contribution in [1.29, 1.82) is 0 Å². The third-order valence-electron chi connectivity index (χ3n) is 7.64. The standard InChI is InChI=1S/C24H32O3/c1-14-8-9-18-23(3,4)10-7-11-24(18,5)19-16-12-15(2)20(26-6)17(13-25)22(16)27-21(14)19/h12-14,18H,7-11H2,1-6H3/t14-,18+,24+/m1/s1. The van der Waals surface area contributed by atoms with Crippen LogP contribution in [0.3, 0.4) is 0 Å². The predicted octanol–water partition coefficient (Wildman–Crippen LogP) is 6.54. The lowest BCUT2D eigenvalue weighted by Gasteiger charge is -2.50. The van der Waals surface area contributed by atoms with E-state index in [9.17, 15) is 4.79 Å². The highest BCUT2D eigenvalue weighted by molar-refractivity contribution is 6.00. The molecule has 1 aromatic carbocycles. The molecule has 1 saturated carbocycles. The van der Waals surface area contributed by atoms with Gasteiger partial charge >= 0.3 is 0 Å². The first-order valence-electron chi connectivity index (χ1n) is 10.3. The van der Waals surface area contributed by atoms with E-state index in [1.807, 2.05) is 6.92 Å². The van der Waals surface area contributed by atoms with Crippen LogP contribution in [0.15, 0.2) is 10.5 Å². The second-order valence-corrected chi connectivity index (χ2v) is 9.77. The maximum atomic E-state index is 11.9. The fourth-order valence-electron chi connectivity index (χ4n) is 6.39. The van der Waals surface area contributed by atoms with Gasteiger partial charge in [0.15, 0.2) is 6.29 Å². The van der Waals surface area contributed by atoms with E-state index in [1.54, 1.807) is 7.11 Å². The Labute approximate surface area is 162 Å². The summed E-state index contributed by atoms with van der Waals surface area (Å²) in [5.74, 6) is 2.74. The Morgan fingerprint density at radius 3 is 2.63 bits per heavy atom. The molecule has 0 aliphatic heterocycles. The van der Waals surface area contributed by atoms with Crippen LogP contribution in [0.5, 0.6) is 5.75 Å². The van der Waals surface area contributed by atoms with Gasteiger partial charge < -0.3 is 9.15 Å². The van der Waals surface area contributed by atoms with E-state index in [4.69, 9.17) is 9.15 Å². The summed E-state index contributed by atoms with van der Waals surface area (Å²) in [5, 5.41) is 1.13. The summed E-state index contributed by atoms with van der Waals surface area (Å²) in [7, 11) is 1.62. The molecule has 1 fully saturated rings. The highest BCUT2D eigenvalue weighted by Gasteiger charge is 2.51. The Balaban J connectivity index is 2.08. The Morgan fingerprint density at radius 2 is 1.96 bits per heavy atom. The van der Waals surface area contributed by atoms with Crippen molar-refractivity contribution < 1.29 is 13.9 Å². The van der Waals surface area contributed by atoms with Gasteiger partial charge in [-0.3, -0.25) is 4.79 Å². The lowest BCUT2D eigenvalue weighted by molar-refractivity contribution is 0.0504. The molecule has 1 heterocycles. The number of carbonyl (C=O) groups excluding carboxylic acids is 1. The number of hydrogen-bond donors (Lipinski definition) is 0. The van der Waals surface area contributed by atoms with Crippen molar-refractivity contribution in [3.05, 3.63) is 28.5 Å². The zero-order valence-electron chi connectivity index (χ0n) is 17.6. The molecule has 0 amide bonds. The maximum absolute atomic E-state index is 11.9. The Kier molecular flexibility index (Phi) is 4.21. The van der Waals surface area contributed by atoms with Crippen molar-refractivity contribution in [2.24, 2.45) is 11.3 Å². The molecular weight excluding hydrogens is 336 g/mol. The molecule has 0 radical (unpaired) electrons. The van der Waals surface area contributed by atoms with Gasteiger partial charge in [0.05, 0.1) is 12.7 Å². The van der Waals surface area contributed by atoms with E-state index in [0.29, 0.717) is 28.6 Å². The van der Waals surface area contributed by atoms with Crippen molar-refractivity contribution >= 4 is 17.3 Å². The highest BCUT2D eigenvalue weighted by Crippen LogP contribution is 2.59. The third-order valence-corrected chi connectivity index (χ3v) is 7.64. The second kappa shape index (κ2) is 6.12. The normalized spacial score (nSPS) is 29.7. The number of aldehydes is 1. The topological polar surface area (TPSA) is 39.4 Å². The summed E-state index contributed by atoms with van der Waals surface area (Å²) < 4.78 is 12.0. The van der Waals surface area contributed by atoms with Crippen molar-refractivity contribution in [3.8, 4) is 5.75 Å². The van der Waals surface area contributed by atoms with E-state index < -0.39 is 0 Å². The minimum Gasteiger partial charge on any atom is -0.496 e. The molecule has 2 aliphatic carbocycles. The fraction of sp³-hybridized carbons (Fsp3) is 0.625. The number of aryl methyl sites for hydroxylation is 1. The quantitative estimate of drug-likeness (QED) is 0.565. The molecule has 3 nitrogen and oxygen atoms in total. The minimum absolute atomic E-state index is 0.0915. The number of methoxy groups -OCH3 is 1. The second-order valence-electron chi connectivity index (χ2n) is 9.77. The van der Waals surface area contributed by atoms with Crippen molar-refractivity contribution in [2.45, 2.75) is 78.1 Å². The highest BCUT2D eigenvalue weighted by atomic mass is 16.5.